The number of benzene rings is 1. The Labute approximate surface area is 111 Å². The minimum Gasteiger partial charge on any atom is -0.493 e. The SMILES string of the molecule is COc1ccc(C=N[S@](=O)C(C)(C)C)cc1OC. The molecule has 0 radical (unpaired) electrons. The van der Waals surface area contributed by atoms with Crippen molar-refractivity contribution >= 4 is 17.2 Å². The maximum Gasteiger partial charge on any atom is 0.161 e. The average molecular weight is 269 g/mol. The van der Waals surface area contributed by atoms with Crippen LogP contribution in [0.15, 0.2) is 22.6 Å². The van der Waals surface area contributed by atoms with Crippen LogP contribution in [-0.4, -0.2) is 29.4 Å². The first kappa shape index (κ1) is 14.7. The molecule has 5 heteroatoms. The van der Waals surface area contributed by atoms with Gasteiger partial charge in [0.2, 0.25) is 0 Å². The molecule has 0 N–H and O–H groups in total. The van der Waals surface area contributed by atoms with Crippen molar-refractivity contribution in [2.45, 2.75) is 25.5 Å². The normalized spacial score (nSPS) is 13.6. The molecular formula is C13H19NO3S. The van der Waals surface area contributed by atoms with Crippen LogP contribution in [0.3, 0.4) is 0 Å². The van der Waals surface area contributed by atoms with Crippen LogP contribution in [-0.2, 0) is 11.0 Å². The maximum absolute atomic E-state index is 11.8. The third-order valence-electron chi connectivity index (χ3n) is 2.23. The summed E-state index contributed by atoms with van der Waals surface area (Å²) >= 11 is 0. The topological polar surface area (TPSA) is 47.9 Å². The predicted molar refractivity (Wildman–Crippen MR) is 75.0 cm³/mol. The molecule has 4 nitrogen and oxygen atoms in total. The summed E-state index contributed by atoms with van der Waals surface area (Å²) < 4.78 is 25.8. The third-order valence-corrected chi connectivity index (χ3v) is 3.57. The second kappa shape index (κ2) is 6.00. The molecule has 100 valence electrons. The summed E-state index contributed by atoms with van der Waals surface area (Å²) in [6.07, 6.45) is 1.59. The van der Waals surface area contributed by atoms with Crippen molar-refractivity contribution in [3.63, 3.8) is 0 Å². The van der Waals surface area contributed by atoms with E-state index >= 15 is 0 Å². The van der Waals surface area contributed by atoms with Crippen LogP contribution in [0, 0.1) is 0 Å². The van der Waals surface area contributed by atoms with Gasteiger partial charge >= 0.3 is 0 Å². The van der Waals surface area contributed by atoms with E-state index in [1.165, 1.54) is 0 Å². The number of hydrogen-bond donors (Lipinski definition) is 0. The first-order valence-electron chi connectivity index (χ1n) is 5.56. The van der Waals surface area contributed by atoms with Crippen LogP contribution < -0.4 is 9.47 Å². The summed E-state index contributed by atoms with van der Waals surface area (Å²) in [5.41, 5.74) is 0.824. The van der Waals surface area contributed by atoms with Crippen molar-refractivity contribution in [3.8, 4) is 11.5 Å². The van der Waals surface area contributed by atoms with Gasteiger partial charge in [0.25, 0.3) is 0 Å². The number of nitrogens with zero attached hydrogens (tertiary/aromatic N) is 1. The van der Waals surface area contributed by atoms with Gasteiger partial charge in [-0.25, -0.2) is 4.21 Å². The molecule has 0 spiro atoms. The summed E-state index contributed by atoms with van der Waals surface area (Å²) in [5, 5.41) is 0. The lowest BCUT2D eigenvalue weighted by molar-refractivity contribution is 0.355. The zero-order valence-electron chi connectivity index (χ0n) is 11.4. The molecule has 1 aromatic rings. The minimum atomic E-state index is -1.26. The standard InChI is InChI=1S/C13H19NO3S/c1-13(2,3)18(15)14-9-10-6-7-11(16-4)12(8-10)17-5/h6-9H,1-5H3/t18-/m1/s1. The van der Waals surface area contributed by atoms with Crippen molar-refractivity contribution < 1.29 is 13.7 Å². The summed E-state index contributed by atoms with van der Waals surface area (Å²) in [6, 6.07) is 5.42. The van der Waals surface area contributed by atoms with E-state index < -0.39 is 11.0 Å². The molecule has 0 saturated carbocycles. The van der Waals surface area contributed by atoms with Crippen LogP contribution in [0.4, 0.5) is 0 Å². The van der Waals surface area contributed by atoms with Gasteiger partial charge in [0, 0.05) is 6.21 Å². The average Bonchev–Trinajstić information content (AvgIpc) is 2.34. The van der Waals surface area contributed by atoms with Crippen LogP contribution >= 0.6 is 0 Å². The molecule has 0 heterocycles. The molecule has 1 atom stereocenters. The fraction of sp³-hybridized carbons (Fsp3) is 0.462. The highest BCUT2D eigenvalue weighted by atomic mass is 32.2. The van der Waals surface area contributed by atoms with Crippen LogP contribution in [0.1, 0.15) is 26.3 Å². The van der Waals surface area contributed by atoms with Crippen molar-refractivity contribution in [2.75, 3.05) is 14.2 Å². The van der Waals surface area contributed by atoms with Gasteiger partial charge in [-0.1, -0.05) is 0 Å². The van der Waals surface area contributed by atoms with Crippen molar-refractivity contribution in [1.82, 2.24) is 0 Å². The molecule has 0 aliphatic carbocycles. The molecule has 0 aliphatic rings. The highest BCUT2D eigenvalue weighted by Crippen LogP contribution is 2.27. The molecule has 18 heavy (non-hydrogen) atoms. The largest absolute Gasteiger partial charge is 0.493 e. The van der Waals surface area contributed by atoms with E-state index in [9.17, 15) is 4.21 Å². The van der Waals surface area contributed by atoms with E-state index in [1.54, 1.807) is 32.6 Å². The molecule has 0 amide bonds. The van der Waals surface area contributed by atoms with E-state index in [0.29, 0.717) is 11.5 Å². The smallest absolute Gasteiger partial charge is 0.161 e. The van der Waals surface area contributed by atoms with E-state index in [2.05, 4.69) is 4.40 Å². The van der Waals surface area contributed by atoms with Crippen LogP contribution in [0.25, 0.3) is 0 Å². The summed E-state index contributed by atoms with van der Waals surface area (Å²) in [5.74, 6) is 1.29. The molecular weight excluding hydrogens is 250 g/mol. The molecule has 1 rings (SSSR count). The fourth-order valence-corrected chi connectivity index (χ4v) is 1.73. The predicted octanol–water partition coefficient (Wildman–Crippen LogP) is 2.58. The lowest BCUT2D eigenvalue weighted by atomic mass is 10.2. The van der Waals surface area contributed by atoms with Gasteiger partial charge in [-0.3, -0.25) is 0 Å². The fourth-order valence-electron chi connectivity index (χ4n) is 1.20. The zero-order chi connectivity index (χ0) is 13.8. The quantitative estimate of drug-likeness (QED) is 0.789. The molecule has 1 aromatic carbocycles. The summed E-state index contributed by atoms with van der Waals surface area (Å²) in [7, 11) is 1.90. The Bertz CT molecular complexity index is 464. The van der Waals surface area contributed by atoms with Gasteiger partial charge in [0.05, 0.1) is 19.0 Å². The number of methoxy groups -OCH3 is 2. The van der Waals surface area contributed by atoms with Crippen molar-refractivity contribution in [2.24, 2.45) is 4.40 Å². The van der Waals surface area contributed by atoms with E-state index in [4.69, 9.17) is 9.47 Å². The minimum absolute atomic E-state index is 0.354. The maximum atomic E-state index is 11.8. The monoisotopic (exact) mass is 269 g/mol. The summed E-state index contributed by atoms with van der Waals surface area (Å²) in [6.45, 7) is 5.65. The number of hydrogen-bond acceptors (Lipinski definition) is 3. The second-order valence-corrected chi connectivity index (χ2v) is 6.64. The van der Waals surface area contributed by atoms with Gasteiger partial charge in [0.15, 0.2) is 11.5 Å². The van der Waals surface area contributed by atoms with E-state index in [-0.39, 0.29) is 4.75 Å². The Morgan fingerprint density at radius 3 is 2.28 bits per heavy atom. The Balaban J connectivity index is 2.92. The van der Waals surface area contributed by atoms with Gasteiger partial charge < -0.3 is 9.47 Å². The lowest BCUT2D eigenvalue weighted by Gasteiger charge is -2.12. The first-order chi connectivity index (χ1) is 8.38. The number of rotatable bonds is 4. The van der Waals surface area contributed by atoms with Crippen LogP contribution in [0.5, 0.6) is 11.5 Å². The highest BCUT2D eigenvalue weighted by Gasteiger charge is 2.18. The molecule has 0 aromatic heterocycles. The van der Waals surface area contributed by atoms with Gasteiger partial charge in [-0.15, -0.1) is 0 Å². The molecule has 0 unspecified atom stereocenters. The lowest BCUT2D eigenvalue weighted by Crippen LogP contribution is -2.19. The molecule has 0 aliphatic heterocycles. The number of ether oxygens (including phenoxy) is 2. The Morgan fingerprint density at radius 1 is 1.17 bits per heavy atom. The van der Waals surface area contributed by atoms with E-state index in [1.807, 2.05) is 26.8 Å². The molecule has 0 fully saturated rings. The molecule has 0 bridgehead atoms. The van der Waals surface area contributed by atoms with Gasteiger partial charge in [-0.2, -0.15) is 4.40 Å². The highest BCUT2D eigenvalue weighted by molar-refractivity contribution is 7.85. The summed E-state index contributed by atoms with van der Waals surface area (Å²) in [4.78, 5) is 0. The Morgan fingerprint density at radius 2 is 1.78 bits per heavy atom. The Hall–Kier alpha value is -1.36. The van der Waals surface area contributed by atoms with Gasteiger partial charge in [-0.05, 0) is 44.5 Å². The second-order valence-electron chi connectivity index (χ2n) is 4.71. The first-order valence-corrected chi connectivity index (χ1v) is 6.67. The van der Waals surface area contributed by atoms with Crippen molar-refractivity contribution in [1.29, 1.82) is 0 Å². The Kier molecular flexibility index (Phi) is 4.90. The van der Waals surface area contributed by atoms with Gasteiger partial charge in [0.1, 0.15) is 11.0 Å². The van der Waals surface area contributed by atoms with E-state index in [0.717, 1.165) is 5.56 Å². The zero-order valence-corrected chi connectivity index (χ0v) is 12.2. The van der Waals surface area contributed by atoms with Crippen LogP contribution in [0.2, 0.25) is 0 Å². The van der Waals surface area contributed by atoms with Crippen molar-refractivity contribution in [3.05, 3.63) is 23.8 Å². The molecule has 0 saturated heterocycles. The third kappa shape index (κ3) is 3.84.